The lowest BCUT2D eigenvalue weighted by molar-refractivity contribution is -0.385. The third-order valence-electron chi connectivity index (χ3n) is 3.74. The van der Waals surface area contributed by atoms with Crippen LogP contribution in [0.5, 0.6) is 0 Å². The Morgan fingerprint density at radius 1 is 1.43 bits per heavy atom. The third-order valence-corrected chi connectivity index (χ3v) is 3.74. The Morgan fingerprint density at radius 3 is 2.71 bits per heavy atom. The second-order valence-electron chi connectivity index (χ2n) is 5.31. The fourth-order valence-corrected chi connectivity index (χ4v) is 2.55. The van der Waals surface area contributed by atoms with Gasteiger partial charge in [-0.15, -0.1) is 0 Å². The minimum Gasteiger partial charge on any atom is -0.391 e. The number of hydrogen-bond donors (Lipinski definition) is 2. The molecule has 1 aliphatic rings. The lowest BCUT2D eigenvalue weighted by atomic mass is 9.92. The van der Waals surface area contributed by atoms with E-state index in [2.05, 4.69) is 5.32 Å². The van der Waals surface area contributed by atoms with E-state index >= 15 is 0 Å². The highest BCUT2D eigenvalue weighted by atomic mass is 19.1. The highest BCUT2D eigenvalue weighted by molar-refractivity contribution is 5.95. The number of nitro groups is 1. The molecule has 0 aromatic heterocycles. The predicted molar refractivity (Wildman–Crippen MR) is 73.5 cm³/mol. The highest BCUT2D eigenvalue weighted by Crippen LogP contribution is 2.23. The molecule has 2 N–H and O–H groups in total. The number of benzene rings is 1. The molecule has 0 saturated heterocycles. The smallest absolute Gasteiger partial charge is 0.270 e. The Balaban J connectivity index is 2.24. The fraction of sp³-hybridized carbons (Fsp3) is 0.500. The van der Waals surface area contributed by atoms with E-state index < -0.39 is 28.8 Å². The summed E-state index contributed by atoms with van der Waals surface area (Å²) in [5.74, 6) is -1.51. The first-order valence-electron chi connectivity index (χ1n) is 6.83. The van der Waals surface area contributed by atoms with Gasteiger partial charge in [-0.2, -0.15) is 0 Å². The van der Waals surface area contributed by atoms with Crippen LogP contribution < -0.4 is 5.32 Å². The topological polar surface area (TPSA) is 92.5 Å². The maximum absolute atomic E-state index is 14.0. The van der Waals surface area contributed by atoms with Gasteiger partial charge in [0.1, 0.15) is 5.82 Å². The van der Waals surface area contributed by atoms with Crippen molar-refractivity contribution in [1.29, 1.82) is 0 Å². The zero-order valence-electron chi connectivity index (χ0n) is 11.6. The molecule has 0 heterocycles. The summed E-state index contributed by atoms with van der Waals surface area (Å²) in [4.78, 5) is 22.2. The number of carbonyl (C=O) groups excluding carboxylic acids is 1. The molecule has 21 heavy (non-hydrogen) atoms. The number of carbonyl (C=O) groups is 1. The van der Waals surface area contributed by atoms with E-state index in [1.54, 1.807) is 0 Å². The highest BCUT2D eigenvalue weighted by Gasteiger charge is 2.27. The van der Waals surface area contributed by atoms with Gasteiger partial charge in [-0.05, 0) is 25.3 Å². The van der Waals surface area contributed by atoms with Crippen LogP contribution in [-0.2, 0) is 0 Å². The van der Waals surface area contributed by atoms with Crippen LogP contribution in [0.1, 0.15) is 41.6 Å². The number of rotatable bonds is 3. The van der Waals surface area contributed by atoms with Gasteiger partial charge in [0, 0.05) is 12.1 Å². The molecule has 0 bridgehead atoms. The molecule has 1 aromatic rings. The molecule has 1 aromatic carbocycles. The van der Waals surface area contributed by atoms with Crippen LogP contribution in [0, 0.1) is 22.9 Å². The first-order valence-corrected chi connectivity index (χ1v) is 6.83. The van der Waals surface area contributed by atoms with E-state index in [1.807, 2.05) is 0 Å². The molecule has 2 rings (SSSR count). The van der Waals surface area contributed by atoms with Gasteiger partial charge in [-0.3, -0.25) is 14.9 Å². The molecule has 2 atom stereocenters. The molecule has 0 unspecified atom stereocenters. The Morgan fingerprint density at radius 2 is 2.10 bits per heavy atom. The molecule has 0 spiro atoms. The Hall–Kier alpha value is -2.02. The van der Waals surface area contributed by atoms with Gasteiger partial charge in [0.2, 0.25) is 0 Å². The predicted octanol–water partition coefficient (Wildman–Crippen LogP) is 2.08. The number of aliphatic hydroxyl groups excluding tert-OH is 1. The maximum atomic E-state index is 14.0. The van der Waals surface area contributed by atoms with Crippen LogP contribution in [0.15, 0.2) is 12.1 Å². The van der Waals surface area contributed by atoms with Gasteiger partial charge in [-0.25, -0.2) is 4.39 Å². The van der Waals surface area contributed by atoms with Crippen molar-refractivity contribution in [3.8, 4) is 0 Å². The van der Waals surface area contributed by atoms with Crippen LogP contribution in [0.4, 0.5) is 10.1 Å². The van der Waals surface area contributed by atoms with Gasteiger partial charge < -0.3 is 10.4 Å². The van der Waals surface area contributed by atoms with Gasteiger partial charge in [0.25, 0.3) is 11.6 Å². The van der Waals surface area contributed by atoms with Crippen LogP contribution >= 0.6 is 0 Å². The van der Waals surface area contributed by atoms with Gasteiger partial charge in [0.15, 0.2) is 0 Å². The zero-order chi connectivity index (χ0) is 15.6. The number of aliphatic hydroxyl groups is 1. The van der Waals surface area contributed by atoms with Crippen LogP contribution in [-0.4, -0.2) is 28.1 Å². The molecule has 6 nitrogen and oxygen atoms in total. The standard InChI is InChI=1S/C14H17FN2O4/c1-8-6-9(17(20)21)7-10(13(8)15)14(19)16-11-4-2-3-5-12(11)18/h6-7,11-12,18H,2-5H2,1H3,(H,16,19)/t11-,12-/m1/s1. The minimum absolute atomic E-state index is 0.0403. The molecule has 114 valence electrons. The summed E-state index contributed by atoms with van der Waals surface area (Å²) >= 11 is 0. The molecule has 0 radical (unpaired) electrons. The van der Waals surface area contributed by atoms with E-state index in [1.165, 1.54) is 6.92 Å². The number of hydrogen-bond acceptors (Lipinski definition) is 4. The Bertz CT molecular complexity index is 576. The Labute approximate surface area is 121 Å². The molecule has 7 heteroatoms. The number of nitrogens with one attached hydrogen (secondary N) is 1. The molecular formula is C14H17FN2O4. The van der Waals surface area contributed by atoms with Crippen molar-refractivity contribution in [2.24, 2.45) is 0 Å². The molecule has 1 fully saturated rings. The number of non-ortho nitro benzene ring substituents is 1. The van der Waals surface area contributed by atoms with Crippen molar-refractivity contribution < 1.29 is 19.2 Å². The number of aryl methyl sites for hydroxylation is 1. The van der Waals surface area contributed by atoms with Crippen molar-refractivity contribution in [3.63, 3.8) is 0 Å². The van der Waals surface area contributed by atoms with Crippen molar-refractivity contribution in [2.45, 2.75) is 44.8 Å². The number of halogens is 1. The summed E-state index contributed by atoms with van der Waals surface area (Å²) in [6, 6.07) is 1.57. The maximum Gasteiger partial charge on any atom is 0.270 e. The molecule has 0 aliphatic heterocycles. The minimum atomic E-state index is -0.775. The molecule has 1 aliphatic carbocycles. The van der Waals surface area contributed by atoms with Crippen molar-refractivity contribution in [1.82, 2.24) is 5.32 Å². The number of nitrogens with zero attached hydrogens (tertiary/aromatic N) is 1. The van der Waals surface area contributed by atoms with E-state index in [9.17, 15) is 24.4 Å². The molecular weight excluding hydrogens is 279 g/mol. The lowest BCUT2D eigenvalue weighted by Crippen LogP contribution is -2.45. The molecule has 1 amide bonds. The second-order valence-corrected chi connectivity index (χ2v) is 5.31. The van der Waals surface area contributed by atoms with E-state index in [-0.39, 0.29) is 16.8 Å². The van der Waals surface area contributed by atoms with Gasteiger partial charge >= 0.3 is 0 Å². The average Bonchev–Trinajstić information content (AvgIpc) is 2.43. The number of nitro benzene ring substituents is 1. The fourth-order valence-electron chi connectivity index (χ4n) is 2.55. The van der Waals surface area contributed by atoms with Gasteiger partial charge in [-0.1, -0.05) is 12.8 Å². The Kier molecular flexibility index (Phi) is 4.52. The van der Waals surface area contributed by atoms with E-state index in [4.69, 9.17) is 0 Å². The van der Waals surface area contributed by atoms with E-state index in [0.717, 1.165) is 25.0 Å². The van der Waals surface area contributed by atoms with Crippen molar-refractivity contribution in [3.05, 3.63) is 39.2 Å². The number of amides is 1. The quantitative estimate of drug-likeness (QED) is 0.659. The summed E-state index contributed by atoms with van der Waals surface area (Å²) in [6.45, 7) is 1.37. The summed E-state index contributed by atoms with van der Waals surface area (Å²) < 4.78 is 14.0. The normalized spacial score (nSPS) is 21.9. The van der Waals surface area contributed by atoms with E-state index in [0.29, 0.717) is 12.8 Å². The monoisotopic (exact) mass is 296 g/mol. The summed E-state index contributed by atoms with van der Waals surface area (Å²) in [6.07, 6.45) is 2.30. The summed E-state index contributed by atoms with van der Waals surface area (Å²) in [5, 5.41) is 23.2. The summed E-state index contributed by atoms with van der Waals surface area (Å²) in [5.41, 5.74) is -0.652. The zero-order valence-corrected chi connectivity index (χ0v) is 11.6. The third kappa shape index (κ3) is 3.36. The van der Waals surface area contributed by atoms with Crippen LogP contribution in [0.3, 0.4) is 0 Å². The average molecular weight is 296 g/mol. The van der Waals surface area contributed by atoms with Gasteiger partial charge in [0.05, 0.1) is 22.6 Å². The van der Waals surface area contributed by atoms with Crippen LogP contribution in [0.25, 0.3) is 0 Å². The lowest BCUT2D eigenvalue weighted by Gasteiger charge is -2.28. The SMILES string of the molecule is Cc1cc([N+](=O)[O-])cc(C(=O)N[C@@H]2CCCC[C@H]2O)c1F. The summed E-state index contributed by atoms with van der Waals surface area (Å²) in [7, 11) is 0. The first-order chi connectivity index (χ1) is 9.90. The molecule has 1 saturated carbocycles. The van der Waals surface area contributed by atoms with Crippen LogP contribution in [0.2, 0.25) is 0 Å². The van der Waals surface area contributed by atoms with Crippen molar-refractivity contribution >= 4 is 11.6 Å². The van der Waals surface area contributed by atoms with Crippen molar-refractivity contribution in [2.75, 3.05) is 0 Å². The largest absolute Gasteiger partial charge is 0.391 e. The first kappa shape index (κ1) is 15.4. The second kappa shape index (κ2) is 6.17.